The van der Waals surface area contributed by atoms with E-state index in [9.17, 15) is 9.90 Å². The Morgan fingerprint density at radius 1 is 1.42 bits per heavy atom. The number of carboxylic acids is 1. The number of methoxy groups -OCH3 is 1. The van der Waals surface area contributed by atoms with Crippen molar-refractivity contribution in [1.82, 2.24) is 4.98 Å². The molecule has 0 spiro atoms. The quantitative estimate of drug-likeness (QED) is 0.607. The van der Waals surface area contributed by atoms with Gasteiger partial charge in [-0.15, -0.1) is 11.3 Å². The van der Waals surface area contributed by atoms with Crippen LogP contribution in [-0.4, -0.2) is 23.2 Å². The van der Waals surface area contributed by atoms with Crippen molar-refractivity contribution in [3.63, 3.8) is 0 Å². The number of carboxylic acid groups (broad SMARTS) is 1. The van der Waals surface area contributed by atoms with Crippen LogP contribution in [0.4, 0.5) is 0 Å². The standard InChI is InChI=1S/C18H19NO4S/c1-11-16(19-17(24-11)12-7-8-12)23-9-13-5-3-4-6-14(13)15(10-22-2)18(20)21/h3-6,10,12H,7-9H2,1-2H3,(H,20,21). The van der Waals surface area contributed by atoms with Gasteiger partial charge in [0, 0.05) is 5.92 Å². The van der Waals surface area contributed by atoms with E-state index in [1.54, 1.807) is 23.5 Å². The van der Waals surface area contributed by atoms with Crippen LogP contribution in [0.25, 0.3) is 5.57 Å². The van der Waals surface area contributed by atoms with Crippen LogP contribution >= 0.6 is 11.3 Å². The molecule has 1 aromatic heterocycles. The van der Waals surface area contributed by atoms with Crippen LogP contribution in [0.15, 0.2) is 30.5 Å². The molecule has 0 aliphatic heterocycles. The Morgan fingerprint density at radius 2 is 2.17 bits per heavy atom. The number of aromatic nitrogens is 1. The summed E-state index contributed by atoms with van der Waals surface area (Å²) < 4.78 is 10.8. The first-order valence-corrected chi connectivity index (χ1v) is 8.56. The minimum Gasteiger partial charge on any atom is -0.503 e. The van der Waals surface area contributed by atoms with Gasteiger partial charge in [0.25, 0.3) is 0 Å². The van der Waals surface area contributed by atoms with Crippen LogP contribution in [0.5, 0.6) is 5.88 Å². The minimum atomic E-state index is -1.04. The lowest BCUT2D eigenvalue weighted by molar-refractivity contribution is -0.130. The summed E-state index contributed by atoms with van der Waals surface area (Å²) in [5, 5.41) is 10.5. The van der Waals surface area contributed by atoms with Gasteiger partial charge in [0.15, 0.2) is 0 Å². The Balaban J connectivity index is 1.80. The topological polar surface area (TPSA) is 68.7 Å². The molecule has 126 valence electrons. The molecule has 2 aromatic rings. The predicted octanol–water partition coefficient (Wildman–Crippen LogP) is 3.98. The molecule has 24 heavy (non-hydrogen) atoms. The average Bonchev–Trinajstić information content (AvgIpc) is 3.35. The van der Waals surface area contributed by atoms with Crippen LogP contribution in [0, 0.1) is 6.92 Å². The first-order chi connectivity index (χ1) is 11.6. The number of carbonyl (C=O) groups is 1. The van der Waals surface area contributed by atoms with Gasteiger partial charge in [0.2, 0.25) is 5.88 Å². The molecule has 3 rings (SSSR count). The molecule has 0 unspecified atom stereocenters. The van der Waals surface area contributed by atoms with Gasteiger partial charge in [0.05, 0.1) is 18.2 Å². The monoisotopic (exact) mass is 345 g/mol. The molecule has 0 atom stereocenters. The SMILES string of the molecule is COC=C(C(=O)O)c1ccccc1COc1nc(C2CC2)sc1C. The normalized spacial score (nSPS) is 14.5. The highest BCUT2D eigenvalue weighted by atomic mass is 32.1. The molecule has 0 radical (unpaired) electrons. The van der Waals surface area contributed by atoms with Gasteiger partial charge >= 0.3 is 5.97 Å². The Labute approximate surface area is 144 Å². The second-order valence-electron chi connectivity index (χ2n) is 5.71. The van der Waals surface area contributed by atoms with Gasteiger partial charge < -0.3 is 14.6 Å². The maximum absolute atomic E-state index is 11.5. The maximum atomic E-state index is 11.5. The molecule has 6 heteroatoms. The molecule has 1 fully saturated rings. The zero-order valence-electron chi connectivity index (χ0n) is 13.6. The van der Waals surface area contributed by atoms with E-state index in [1.165, 1.54) is 26.2 Å². The van der Waals surface area contributed by atoms with E-state index in [0.29, 0.717) is 17.4 Å². The fourth-order valence-electron chi connectivity index (χ4n) is 2.44. The average molecular weight is 345 g/mol. The second kappa shape index (κ2) is 7.05. The largest absolute Gasteiger partial charge is 0.503 e. The number of thiazole rings is 1. The first-order valence-electron chi connectivity index (χ1n) is 7.74. The summed E-state index contributed by atoms with van der Waals surface area (Å²) in [7, 11) is 1.43. The lowest BCUT2D eigenvalue weighted by atomic mass is 10.0. The van der Waals surface area contributed by atoms with Crippen molar-refractivity contribution in [1.29, 1.82) is 0 Å². The van der Waals surface area contributed by atoms with Crippen LogP contribution in [0.2, 0.25) is 0 Å². The number of aliphatic carboxylic acids is 1. The number of aryl methyl sites for hydroxylation is 1. The lowest BCUT2D eigenvalue weighted by Gasteiger charge is -2.11. The molecule has 0 bridgehead atoms. The third kappa shape index (κ3) is 3.59. The minimum absolute atomic E-state index is 0.102. The van der Waals surface area contributed by atoms with Crippen molar-refractivity contribution < 1.29 is 19.4 Å². The summed E-state index contributed by atoms with van der Waals surface area (Å²) in [6, 6.07) is 7.26. The van der Waals surface area contributed by atoms with Gasteiger partial charge in [-0.05, 0) is 30.9 Å². The highest BCUT2D eigenvalue weighted by Crippen LogP contribution is 2.43. The fourth-order valence-corrected chi connectivity index (χ4v) is 3.48. The lowest BCUT2D eigenvalue weighted by Crippen LogP contribution is -2.06. The van der Waals surface area contributed by atoms with E-state index in [2.05, 4.69) is 4.98 Å². The number of hydrogen-bond acceptors (Lipinski definition) is 5. The number of rotatable bonds is 7. The molecule has 1 aromatic carbocycles. The summed E-state index contributed by atoms with van der Waals surface area (Å²) in [6.07, 6.45) is 3.65. The number of benzene rings is 1. The summed E-state index contributed by atoms with van der Waals surface area (Å²) >= 11 is 1.68. The fraction of sp³-hybridized carbons (Fsp3) is 0.333. The highest BCUT2D eigenvalue weighted by molar-refractivity contribution is 7.12. The van der Waals surface area contributed by atoms with Gasteiger partial charge in [-0.1, -0.05) is 24.3 Å². The number of hydrogen-bond donors (Lipinski definition) is 1. The van der Waals surface area contributed by atoms with E-state index < -0.39 is 5.97 Å². The Bertz CT molecular complexity index is 777. The Hall–Kier alpha value is -2.34. The molecule has 1 N–H and O–H groups in total. The second-order valence-corrected chi connectivity index (χ2v) is 6.94. The van der Waals surface area contributed by atoms with Crippen molar-refractivity contribution in [2.75, 3.05) is 7.11 Å². The summed E-state index contributed by atoms with van der Waals surface area (Å²) in [5.74, 6) is 0.205. The molecule has 5 nitrogen and oxygen atoms in total. The van der Waals surface area contributed by atoms with Gasteiger partial charge in [-0.25, -0.2) is 9.78 Å². The van der Waals surface area contributed by atoms with Crippen molar-refractivity contribution >= 4 is 22.9 Å². The summed E-state index contributed by atoms with van der Waals surface area (Å²) in [6.45, 7) is 2.26. The van der Waals surface area contributed by atoms with Crippen LogP contribution in [-0.2, 0) is 16.1 Å². The third-order valence-electron chi connectivity index (χ3n) is 3.84. The van der Waals surface area contributed by atoms with Gasteiger partial charge in [-0.3, -0.25) is 0 Å². The van der Waals surface area contributed by atoms with Gasteiger partial charge in [0.1, 0.15) is 17.2 Å². The Kier molecular flexibility index (Phi) is 4.85. The molecular formula is C18H19NO4S. The third-order valence-corrected chi connectivity index (χ3v) is 4.95. The van der Waals surface area contributed by atoms with Crippen molar-refractivity contribution in [3.8, 4) is 5.88 Å². The zero-order valence-corrected chi connectivity index (χ0v) is 14.4. The molecule has 1 saturated carbocycles. The zero-order chi connectivity index (χ0) is 17.1. The molecule has 1 aliphatic carbocycles. The smallest absolute Gasteiger partial charge is 0.339 e. The maximum Gasteiger partial charge on any atom is 0.339 e. The van der Waals surface area contributed by atoms with E-state index >= 15 is 0 Å². The molecule has 0 amide bonds. The van der Waals surface area contributed by atoms with Crippen molar-refractivity contribution in [2.24, 2.45) is 0 Å². The van der Waals surface area contributed by atoms with Crippen molar-refractivity contribution in [3.05, 3.63) is 51.5 Å². The predicted molar refractivity (Wildman–Crippen MR) is 92.2 cm³/mol. The van der Waals surface area contributed by atoms with Crippen LogP contribution in [0.1, 0.15) is 39.8 Å². The van der Waals surface area contributed by atoms with E-state index in [-0.39, 0.29) is 12.2 Å². The van der Waals surface area contributed by atoms with E-state index in [0.717, 1.165) is 15.4 Å². The molecule has 1 aliphatic rings. The number of nitrogens with zero attached hydrogens (tertiary/aromatic N) is 1. The summed E-state index contributed by atoms with van der Waals surface area (Å²) in [4.78, 5) is 17.1. The van der Waals surface area contributed by atoms with Crippen molar-refractivity contribution in [2.45, 2.75) is 32.3 Å². The van der Waals surface area contributed by atoms with Gasteiger partial charge in [-0.2, -0.15) is 0 Å². The number of ether oxygens (including phenoxy) is 2. The Morgan fingerprint density at radius 3 is 2.83 bits per heavy atom. The molecular weight excluding hydrogens is 326 g/mol. The highest BCUT2D eigenvalue weighted by Gasteiger charge is 2.28. The van der Waals surface area contributed by atoms with Crippen LogP contribution in [0.3, 0.4) is 0 Å². The van der Waals surface area contributed by atoms with E-state index in [4.69, 9.17) is 9.47 Å². The molecule has 0 saturated heterocycles. The molecule has 1 heterocycles. The van der Waals surface area contributed by atoms with Crippen LogP contribution < -0.4 is 4.74 Å². The first kappa shape index (κ1) is 16.5. The van der Waals surface area contributed by atoms with E-state index in [1.807, 2.05) is 19.1 Å². The summed E-state index contributed by atoms with van der Waals surface area (Å²) in [5.41, 5.74) is 1.47.